The third kappa shape index (κ3) is 0.938. The van der Waals surface area contributed by atoms with Crippen molar-refractivity contribution in [3.8, 4) is 0 Å². The summed E-state index contributed by atoms with van der Waals surface area (Å²) in [5, 5.41) is 8.19. The van der Waals surface area contributed by atoms with Crippen LogP contribution in [0.3, 0.4) is 0 Å². The van der Waals surface area contributed by atoms with E-state index in [1.54, 1.807) is 0 Å². The van der Waals surface area contributed by atoms with Crippen LogP contribution in [0.5, 0.6) is 0 Å². The molecule has 0 saturated heterocycles. The van der Waals surface area contributed by atoms with Crippen molar-refractivity contribution in [3.63, 3.8) is 0 Å². The number of carbonyl (C=O) groups is 1. The van der Waals surface area contributed by atoms with E-state index in [0.717, 1.165) is 6.42 Å². The highest BCUT2D eigenvalue weighted by molar-refractivity contribution is 9.09. The Morgan fingerprint density at radius 3 is 2.29 bits per heavy atom. The third-order valence-corrected chi connectivity index (χ3v) is 2.04. The fraction of sp³-hybridized carbons (Fsp3) is 0.750. The van der Waals surface area contributed by atoms with E-state index in [1.807, 2.05) is 0 Å². The van der Waals surface area contributed by atoms with Gasteiger partial charge in [0.1, 0.15) is 0 Å². The highest BCUT2D eigenvalue weighted by atomic mass is 79.9. The number of aliphatic carboxylic acids is 1. The van der Waals surface area contributed by atoms with Crippen molar-refractivity contribution < 1.29 is 9.90 Å². The lowest BCUT2D eigenvalue weighted by atomic mass is 10.5. The van der Waals surface area contributed by atoms with Crippen molar-refractivity contribution in [1.82, 2.24) is 0 Å². The summed E-state index contributed by atoms with van der Waals surface area (Å²) in [5.41, 5.74) is 0. The van der Waals surface area contributed by atoms with Crippen LogP contribution in [-0.2, 0) is 4.79 Å². The van der Waals surface area contributed by atoms with Crippen molar-refractivity contribution in [1.29, 1.82) is 0 Å². The summed E-state index contributed by atoms with van der Waals surface area (Å²) in [6.07, 6.45) is 0.801. The normalized spacial score (nSPS) is 37.9. The summed E-state index contributed by atoms with van der Waals surface area (Å²) < 4.78 is 0. The number of rotatable bonds is 1. The molecular formula is C4H5BrO2. The summed E-state index contributed by atoms with van der Waals surface area (Å²) in [6.45, 7) is 0. The van der Waals surface area contributed by atoms with Crippen molar-refractivity contribution >= 4 is 21.9 Å². The molecule has 0 aliphatic heterocycles. The molecule has 1 aliphatic rings. The first-order valence-electron chi connectivity index (χ1n) is 2.08. The maximum absolute atomic E-state index is 9.94. The van der Waals surface area contributed by atoms with Crippen LogP contribution in [0.4, 0.5) is 0 Å². The Morgan fingerprint density at radius 1 is 1.86 bits per heavy atom. The molecule has 0 spiro atoms. The molecule has 40 valence electrons. The van der Waals surface area contributed by atoms with Crippen LogP contribution < -0.4 is 0 Å². The zero-order valence-corrected chi connectivity index (χ0v) is 5.18. The van der Waals surface area contributed by atoms with Gasteiger partial charge in [0.2, 0.25) is 0 Å². The molecule has 2 atom stereocenters. The average Bonchev–Trinajstić information content (AvgIpc) is 2.17. The molecule has 0 radical (unpaired) electrons. The van der Waals surface area contributed by atoms with E-state index < -0.39 is 5.97 Å². The minimum absolute atomic E-state index is 0.0972. The third-order valence-electron chi connectivity index (χ3n) is 1.03. The van der Waals surface area contributed by atoms with Gasteiger partial charge in [-0.05, 0) is 6.42 Å². The van der Waals surface area contributed by atoms with Gasteiger partial charge in [-0.3, -0.25) is 4.79 Å². The Hall–Kier alpha value is -0.0500. The Balaban J connectivity index is 2.33. The monoisotopic (exact) mass is 164 g/mol. The first-order chi connectivity index (χ1) is 3.22. The van der Waals surface area contributed by atoms with Gasteiger partial charge in [0, 0.05) is 4.83 Å². The molecule has 1 fully saturated rings. The second-order valence-electron chi connectivity index (χ2n) is 1.70. The van der Waals surface area contributed by atoms with Crippen LogP contribution in [-0.4, -0.2) is 15.9 Å². The number of hydrogen-bond acceptors (Lipinski definition) is 1. The van der Waals surface area contributed by atoms with E-state index in [-0.39, 0.29) is 10.7 Å². The van der Waals surface area contributed by atoms with Gasteiger partial charge in [0.15, 0.2) is 0 Å². The highest BCUT2D eigenvalue weighted by Crippen LogP contribution is 2.37. The van der Waals surface area contributed by atoms with E-state index in [1.165, 1.54) is 0 Å². The molecule has 0 aromatic carbocycles. The smallest absolute Gasteiger partial charge is 0.307 e. The number of halogens is 1. The van der Waals surface area contributed by atoms with E-state index in [0.29, 0.717) is 0 Å². The van der Waals surface area contributed by atoms with Crippen molar-refractivity contribution in [3.05, 3.63) is 0 Å². The SMILES string of the molecule is O=C(O)C1CC1Br. The zero-order valence-electron chi connectivity index (χ0n) is 3.60. The summed E-state index contributed by atoms with van der Waals surface area (Å²) >= 11 is 3.17. The van der Waals surface area contributed by atoms with Crippen molar-refractivity contribution in [2.24, 2.45) is 5.92 Å². The van der Waals surface area contributed by atoms with Crippen LogP contribution in [0.1, 0.15) is 6.42 Å². The first kappa shape index (κ1) is 5.09. The lowest BCUT2D eigenvalue weighted by molar-refractivity contribution is -0.138. The molecule has 0 amide bonds. The summed E-state index contributed by atoms with van der Waals surface area (Å²) in [4.78, 5) is 10.2. The van der Waals surface area contributed by atoms with Crippen LogP contribution in [0.15, 0.2) is 0 Å². The molecule has 2 nitrogen and oxygen atoms in total. The van der Waals surface area contributed by atoms with Gasteiger partial charge in [-0.25, -0.2) is 0 Å². The van der Waals surface area contributed by atoms with Crippen LogP contribution in [0.2, 0.25) is 0 Å². The Labute approximate surface area is 49.7 Å². The molecule has 2 unspecified atom stereocenters. The molecule has 1 N–H and O–H groups in total. The maximum Gasteiger partial charge on any atom is 0.307 e. The molecule has 1 aliphatic carbocycles. The summed E-state index contributed by atoms with van der Waals surface area (Å²) in [7, 11) is 0. The molecule has 0 aromatic rings. The first-order valence-corrected chi connectivity index (χ1v) is 3.00. The summed E-state index contributed by atoms with van der Waals surface area (Å²) in [5.74, 6) is -0.776. The van der Waals surface area contributed by atoms with Crippen molar-refractivity contribution in [2.75, 3.05) is 0 Å². The highest BCUT2D eigenvalue weighted by Gasteiger charge is 2.40. The van der Waals surface area contributed by atoms with E-state index in [2.05, 4.69) is 15.9 Å². The van der Waals surface area contributed by atoms with E-state index >= 15 is 0 Å². The molecular weight excluding hydrogens is 160 g/mol. The van der Waals surface area contributed by atoms with Gasteiger partial charge in [0.25, 0.3) is 0 Å². The van der Waals surface area contributed by atoms with Gasteiger partial charge >= 0.3 is 5.97 Å². The fourth-order valence-corrected chi connectivity index (χ4v) is 1.05. The molecule has 0 heterocycles. The molecule has 7 heavy (non-hydrogen) atoms. The molecule has 3 heteroatoms. The number of carboxylic acids is 1. The minimum Gasteiger partial charge on any atom is -0.481 e. The lowest BCUT2D eigenvalue weighted by Gasteiger charge is -1.78. The minimum atomic E-state index is -0.679. The molecule has 0 bridgehead atoms. The number of carboxylic acid groups (broad SMARTS) is 1. The van der Waals surface area contributed by atoms with E-state index in [9.17, 15) is 4.79 Å². The Morgan fingerprint density at radius 2 is 2.29 bits per heavy atom. The molecule has 1 saturated carbocycles. The number of alkyl halides is 1. The van der Waals surface area contributed by atoms with E-state index in [4.69, 9.17) is 5.11 Å². The van der Waals surface area contributed by atoms with Gasteiger partial charge in [-0.15, -0.1) is 0 Å². The van der Waals surface area contributed by atoms with Gasteiger partial charge in [-0.2, -0.15) is 0 Å². The maximum atomic E-state index is 9.94. The Bertz CT molecular complexity index is 102. The van der Waals surface area contributed by atoms with Crippen molar-refractivity contribution in [2.45, 2.75) is 11.2 Å². The average molecular weight is 165 g/mol. The largest absolute Gasteiger partial charge is 0.481 e. The summed E-state index contributed by atoms with van der Waals surface area (Å²) in [6, 6.07) is 0. The predicted molar refractivity (Wildman–Crippen MR) is 28.5 cm³/mol. The second-order valence-corrected chi connectivity index (χ2v) is 2.87. The quantitative estimate of drug-likeness (QED) is 0.585. The predicted octanol–water partition coefficient (Wildman–Crippen LogP) is 0.854. The molecule has 0 aromatic heterocycles. The van der Waals surface area contributed by atoms with Crippen LogP contribution in [0, 0.1) is 5.92 Å². The fourth-order valence-electron chi connectivity index (χ4n) is 0.420. The topological polar surface area (TPSA) is 37.3 Å². The lowest BCUT2D eigenvalue weighted by Crippen LogP contribution is -1.97. The number of hydrogen-bond donors (Lipinski definition) is 1. The second kappa shape index (κ2) is 1.47. The van der Waals surface area contributed by atoms with Gasteiger partial charge in [-0.1, -0.05) is 15.9 Å². The Kier molecular flexibility index (Phi) is 1.07. The van der Waals surface area contributed by atoms with Crippen LogP contribution >= 0.6 is 15.9 Å². The standard InChI is InChI=1S/C4H5BrO2/c5-3-1-2(3)4(6)7/h2-3H,1H2,(H,6,7). The zero-order chi connectivity index (χ0) is 5.44. The van der Waals surface area contributed by atoms with Crippen LogP contribution in [0.25, 0.3) is 0 Å². The van der Waals surface area contributed by atoms with Gasteiger partial charge < -0.3 is 5.11 Å². The molecule has 1 rings (SSSR count). The van der Waals surface area contributed by atoms with Gasteiger partial charge in [0.05, 0.1) is 5.92 Å².